The van der Waals surface area contributed by atoms with Crippen molar-refractivity contribution < 1.29 is 18.3 Å². The number of allylic oxidation sites excluding steroid dienone is 1. The van der Waals surface area contributed by atoms with E-state index in [2.05, 4.69) is 20.6 Å². The third-order valence-corrected chi connectivity index (χ3v) is 6.28. The standard InChI is InChI=1S/C21H24F2N6O2/c22-21(23)7-17(21)19(30)29-15-1-2-16(29)6-12(5-15)18-3-4-25-20(28-18)27-13(8-24)9-26-14-10-31-11-14/h3-5,8-9,14-17,24,26H,1-2,6-7,10-11H2,(H,25,27,28)/b13-9+,24-8?. The van der Waals surface area contributed by atoms with E-state index < -0.39 is 17.7 Å². The molecule has 1 aliphatic carbocycles. The summed E-state index contributed by atoms with van der Waals surface area (Å²) in [6.07, 6.45) is 8.36. The lowest BCUT2D eigenvalue weighted by atomic mass is 9.98. The molecule has 8 nitrogen and oxygen atoms in total. The van der Waals surface area contributed by atoms with Gasteiger partial charge in [0.15, 0.2) is 0 Å². The Bertz CT molecular complexity index is 961. The third kappa shape index (κ3) is 3.91. The molecule has 2 saturated heterocycles. The summed E-state index contributed by atoms with van der Waals surface area (Å²) in [4.78, 5) is 23.0. The Hall–Kier alpha value is -2.88. The van der Waals surface area contributed by atoms with Crippen molar-refractivity contribution in [2.24, 2.45) is 5.92 Å². The zero-order valence-electron chi connectivity index (χ0n) is 16.9. The Labute approximate surface area is 178 Å². The number of ether oxygens (including phenoxy) is 1. The molecule has 3 atom stereocenters. The van der Waals surface area contributed by atoms with Gasteiger partial charge in [0, 0.05) is 31.1 Å². The second kappa shape index (κ2) is 7.67. The summed E-state index contributed by atoms with van der Waals surface area (Å²) >= 11 is 0. The lowest BCUT2D eigenvalue weighted by molar-refractivity contribution is -0.137. The Morgan fingerprint density at radius 2 is 2.16 bits per heavy atom. The molecule has 0 spiro atoms. The van der Waals surface area contributed by atoms with Crippen LogP contribution in [-0.2, 0) is 9.53 Å². The number of nitrogens with zero attached hydrogens (tertiary/aromatic N) is 3. The Kier molecular flexibility index (Phi) is 4.96. The van der Waals surface area contributed by atoms with E-state index in [0.29, 0.717) is 31.3 Å². The van der Waals surface area contributed by atoms with E-state index in [9.17, 15) is 13.6 Å². The van der Waals surface area contributed by atoms with E-state index in [4.69, 9.17) is 10.1 Å². The predicted octanol–water partition coefficient (Wildman–Crippen LogP) is 2.17. The van der Waals surface area contributed by atoms with Gasteiger partial charge < -0.3 is 25.7 Å². The van der Waals surface area contributed by atoms with Gasteiger partial charge in [0.05, 0.1) is 36.7 Å². The van der Waals surface area contributed by atoms with E-state index >= 15 is 0 Å². The Balaban J connectivity index is 1.29. The van der Waals surface area contributed by atoms with Crippen LogP contribution in [0.5, 0.6) is 0 Å². The number of amides is 1. The van der Waals surface area contributed by atoms with Crippen molar-refractivity contribution in [2.75, 3.05) is 18.5 Å². The number of halogens is 2. The first-order chi connectivity index (χ1) is 14.9. The zero-order valence-corrected chi connectivity index (χ0v) is 16.9. The number of carbonyl (C=O) groups is 1. The minimum absolute atomic E-state index is 0.0637. The number of carbonyl (C=O) groups excluding carboxylic acids is 1. The maximum atomic E-state index is 13.4. The molecule has 3 N–H and O–H groups in total. The zero-order chi connectivity index (χ0) is 21.6. The van der Waals surface area contributed by atoms with Crippen LogP contribution in [-0.4, -0.2) is 64.3 Å². The fraction of sp³-hybridized carbons (Fsp3) is 0.524. The average Bonchev–Trinajstić information content (AvgIpc) is 3.29. The van der Waals surface area contributed by atoms with E-state index in [-0.39, 0.29) is 24.5 Å². The van der Waals surface area contributed by atoms with Crippen LogP contribution in [0.15, 0.2) is 30.2 Å². The number of alkyl halides is 2. The molecule has 1 saturated carbocycles. The van der Waals surface area contributed by atoms with Crippen LogP contribution >= 0.6 is 0 Å². The van der Waals surface area contributed by atoms with Crippen molar-refractivity contribution >= 4 is 23.6 Å². The molecule has 4 heterocycles. The first-order valence-electron chi connectivity index (χ1n) is 10.5. The molecule has 1 amide bonds. The molecule has 3 aliphatic heterocycles. The summed E-state index contributed by atoms with van der Waals surface area (Å²) < 4.78 is 31.9. The fourth-order valence-electron chi connectivity index (χ4n) is 4.40. The molecule has 3 fully saturated rings. The summed E-state index contributed by atoms with van der Waals surface area (Å²) in [5, 5.41) is 13.8. The van der Waals surface area contributed by atoms with E-state index in [1.54, 1.807) is 23.4 Å². The molecule has 0 aromatic carbocycles. The highest BCUT2D eigenvalue weighted by Gasteiger charge is 2.63. The lowest BCUT2D eigenvalue weighted by Crippen LogP contribution is -2.44. The van der Waals surface area contributed by atoms with Crippen LogP contribution in [0.25, 0.3) is 5.57 Å². The minimum atomic E-state index is -2.84. The normalized spacial score (nSPS) is 29.1. The molecular formula is C21H24F2N6O2. The number of rotatable bonds is 7. The Morgan fingerprint density at radius 3 is 2.81 bits per heavy atom. The van der Waals surface area contributed by atoms with Crippen LogP contribution in [0.1, 0.15) is 31.4 Å². The molecule has 1 aromatic rings. The van der Waals surface area contributed by atoms with Crippen molar-refractivity contribution in [1.82, 2.24) is 20.2 Å². The summed E-state index contributed by atoms with van der Waals surface area (Å²) in [7, 11) is 0. The van der Waals surface area contributed by atoms with Crippen LogP contribution in [0.4, 0.5) is 14.7 Å². The topological polar surface area (TPSA) is 103 Å². The fourth-order valence-corrected chi connectivity index (χ4v) is 4.40. The second-order valence-electron chi connectivity index (χ2n) is 8.49. The van der Waals surface area contributed by atoms with E-state index in [1.165, 1.54) is 6.21 Å². The lowest BCUT2D eigenvalue weighted by Gasteiger charge is -2.34. The summed E-state index contributed by atoms with van der Waals surface area (Å²) in [6.45, 7) is 1.28. The van der Waals surface area contributed by atoms with Crippen molar-refractivity contribution in [2.45, 2.75) is 49.7 Å². The van der Waals surface area contributed by atoms with Gasteiger partial charge in [0.1, 0.15) is 5.92 Å². The van der Waals surface area contributed by atoms with Crippen LogP contribution < -0.4 is 10.6 Å². The molecule has 164 valence electrons. The van der Waals surface area contributed by atoms with E-state index in [0.717, 1.165) is 24.1 Å². The SMILES string of the molecule is N=C/C(=C\NC1COC1)Nc1nccc(C2=CC3CCC(C2)N3C(=O)C2CC2(F)F)n1. The molecule has 31 heavy (non-hydrogen) atoms. The maximum absolute atomic E-state index is 13.4. The number of fused-ring (bicyclic) bond motifs is 2. The van der Waals surface area contributed by atoms with Gasteiger partial charge in [-0.05, 0) is 30.9 Å². The highest BCUT2D eigenvalue weighted by molar-refractivity contribution is 5.85. The number of hydrogen-bond donors (Lipinski definition) is 3. The van der Waals surface area contributed by atoms with Gasteiger partial charge in [0.2, 0.25) is 11.9 Å². The van der Waals surface area contributed by atoms with Crippen molar-refractivity contribution in [3.8, 4) is 0 Å². The van der Waals surface area contributed by atoms with Gasteiger partial charge in [-0.15, -0.1) is 0 Å². The second-order valence-corrected chi connectivity index (χ2v) is 8.49. The van der Waals surface area contributed by atoms with Crippen LogP contribution in [0, 0.1) is 11.3 Å². The maximum Gasteiger partial charge on any atom is 0.260 e. The number of anilines is 1. The van der Waals surface area contributed by atoms with Crippen molar-refractivity contribution in [3.63, 3.8) is 0 Å². The largest absolute Gasteiger partial charge is 0.382 e. The van der Waals surface area contributed by atoms with Crippen LogP contribution in [0.2, 0.25) is 0 Å². The monoisotopic (exact) mass is 430 g/mol. The van der Waals surface area contributed by atoms with Gasteiger partial charge in [-0.3, -0.25) is 4.79 Å². The molecule has 3 unspecified atom stereocenters. The van der Waals surface area contributed by atoms with Crippen molar-refractivity contribution in [1.29, 1.82) is 5.41 Å². The van der Waals surface area contributed by atoms with Gasteiger partial charge in [0.25, 0.3) is 5.92 Å². The molecule has 5 rings (SSSR count). The van der Waals surface area contributed by atoms with Gasteiger partial charge in [-0.25, -0.2) is 18.7 Å². The van der Waals surface area contributed by atoms with Gasteiger partial charge in [-0.2, -0.15) is 0 Å². The number of aromatic nitrogens is 2. The third-order valence-electron chi connectivity index (χ3n) is 6.28. The number of nitrogens with one attached hydrogen (secondary N) is 3. The highest BCUT2D eigenvalue weighted by Crippen LogP contribution is 2.51. The molecule has 0 radical (unpaired) electrons. The van der Waals surface area contributed by atoms with Crippen molar-refractivity contribution in [3.05, 3.63) is 35.9 Å². The average molecular weight is 430 g/mol. The molecule has 1 aromatic heterocycles. The van der Waals surface area contributed by atoms with Gasteiger partial charge >= 0.3 is 0 Å². The molecule has 4 aliphatic rings. The molecule has 10 heteroatoms. The predicted molar refractivity (Wildman–Crippen MR) is 110 cm³/mol. The van der Waals surface area contributed by atoms with Crippen LogP contribution in [0.3, 0.4) is 0 Å². The smallest absolute Gasteiger partial charge is 0.260 e. The molecular weight excluding hydrogens is 406 g/mol. The first-order valence-corrected chi connectivity index (χ1v) is 10.5. The minimum Gasteiger partial charge on any atom is -0.382 e. The quantitative estimate of drug-likeness (QED) is 0.573. The first kappa shape index (κ1) is 20.0. The Morgan fingerprint density at radius 1 is 1.35 bits per heavy atom. The highest BCUT2D eigenvalue weighted by atomic mass is 19.3. The summed E-state index contributed by atoms with van der Waals surface area (Å²) in [6, 6.07) is 1.83. The molecule has 2 bridgehead atoms. The van der Waals surface area contributed by atoms with Gasteiger partial charge in [-0.1, -0.05) is 6.08 Å². The summed E-state index contributed by atoms with van der Waals surface area (Å²) in [5.74, 6) is -4.04. The van der Waals surface area contributed by atoms with E-state index in [1.807, 2.05) is 6.08 Å². The summed E-state index contributed by atoms with van der Waals surface area (Å²) in [5.41, 5.74) is 2.25. The number of hydrogen-bond acceptors (Lipinski definition) is 7.